The van der Waals surface area contributed by atoms with Crippen LogP contribution >= 0.6 is 11.3 Å². The molecule has 1 aromatic carbocycles. The number of thiophene rings is 1. The molecule has 0 saturated heterocycles. The molecule has 0 radical (unpaired) electrons. The van der Waals surface area contributed by atoms with Crippen LogP contribution in [0.5, 0.6) is 11.5 Å². The molecule has 0 bridgehead atoms. The summed E-state index contributed by atoms with van der Waals surface area (Å²) in [6.07, 6.45) is 0. The zero-order valence-corrected chi connectivity index (χ0v) is 12.6. The summed E-state index contributed by atoms with van der Waals surface area (Å²) < 4.78 is 11.1. The maximum Gasteiger partial charge on any atom is 0.287 e. The quantitative estimate of drug-likeness (QED) is 0.818. The van der Waals surface area contributed by atoms with Crippen molar-refractivity contribution in [2.75, 3.05) is 27.4 Å². The third-order valence-corrected chi connectivity index (χ3v) is 4.33. The predicted molar refractivity (Wildman–Crippen MR) is 79.8 cm³/mol. The smallest absolute Gasteiger partial charge is 0.287 e. The number of hydrogen-bond donors (Lipinski definition) is 0. The van der Waals surface area contributed by atoms with Gasteiger partial charge in [0.1, 0.15) is 13.2 Å². The Morgan fingerprint density at radius 1 is 1.19 bits per heavy atom. The van der Waals surface area contributed by atoms with Gasteiger partial charge in [-0.1, -0.05) is 0 Å². The summed E-state index contributed by atoms with van der Waals surface area (Å²) in [5.41, 5.74) is 1.00. The molecule has 0 fully saturated rings. The second-order valence-electron chi connectivity index (χ2n) is 4.51. The number of rotatable bonds is 3. The highest BCUT2D eigenvalue weighted by atomic mass is 32.1. The summed E-state index contributed by atoms with van der Waals surface area (Å²) in [7, 11) is 3.05. The lowest BCUT2D eigenvalue weighted by atomic mass is 10.1. The molecule has 0 atom stereocenters. The molecule has 1 aliphatic rings. The van der Waals surface area contributed by atoms with Crippen molar-refractivity contribution < 1.29 is 19.1 Å². The van der Waals surface area contributed by atoms with Crippen LogP contribution in [0.1, 0.15) is 9.67 Å². The molecule has 2 aromatic rings. The molecule has 110 valence electrons. The summed E-state index contributed by atoms with van der Waals surface area (Å²) in [6, 6.07) is 9.52. The second kappa shape index (κ2) is 5.75. The van der Waals surface area contributed by atoms with Gasteiger partial charge in [0.05, 0.1) is 12.0 Å². The van der Waals surface area contributed by atoms with Crippen molar-refractivity contribution in [3.05, 3.63) is 35.2 Å². The van der Waals surface area contributed by atoms with Crippen LogP contribution in [0.25, 0.3) is 10.4 Å². The van der Waals surface area contributed by atoms with Crippen molar-refractivity contribution in [3.8, 4) is 21.9 Å². The molecule has 0 unspecified atom stereocenters. The Labute approximate surface area is 126 Å². The van der Waals surface area contributed by atoms with E-state index in [1.54, 1.807) is 13.1 Å². The minimum absolute atomic E-state index is 0.161. The number of carbonyl (C=O) groups is 1. The second-order valence-corrected chi connectivity index (χ2v) is 5.59. The van der Waals surface area contributed by atoms with Crippen LogP contribution in [0, 0.1) is 0 Å². The number of hydroxylamine groups is 2. The van der Waals surface area contributed by atoms with Gasteiger partial charge < -0.3 is 9.47 Å². The van der Waals surface area contributed by atoms with Gasteiger partial charge in [0.15, 0.2) is 11.5 Å². The molecular weight excluding hydrogens is 290 g/mol. The van der Waals surface area contributed by atoms with E-state index in [1.165, 1.54) is 23.5 Å². The van der Waals surface area contributed by atoms with Gasteiger partial charge in [0.25, 0.3) is 5.91 Å². The van der Waals surface area contributed by atoms with Crippen molar-refractivity contribution in [2.45, 2.75) is 0 Å². The van der Waals surface area contributed by atoms with Crippen LogP contribution in [0.4, 0.5) is 0 Å². The average Bonchev–Trinajstić information content (AvgIpc) is 3.02. The highest BCUT2D eigenvalue weighted by Gasteiger charge is 2.16. The topological polar surface area (TPSA) is 48.0 Å². The fraction of sp³-hybridized carbons (Fsp3) is 0.267. The number of hydrogen-bond acceptors (Lipinski definition) is 5. The highest BCUT2D eigenvalue weighted by Crippen LogP contribution is 2.37. The maximum atomic E-state index is 12.0. The van der Waals surface area contributed by atoms with Gasteiger partial charge in [-0.2, -0.15) is 0 Å². The van der Waals surface area contributed by atoms with E-state index < -0.39 is 0 Å². The molecule has 2 heterocycles. The maximum absolute atomic E-state index is 12.0. The number of amides is 1. The van der Waals surface area contributed by atoms with Gasteiger partial charge in [-0.25, -0.2) is 5.06 Å². The van der Waals surface area contributed by atoms with Crippen molar-refractivity contribution in [3.63, 3.8) is 0 Å². The molecule has 0 aliphatic carbocycles. The monoisotopic (exact) mass is 305 g/mol. The van der Waals surface area contributed by atoms with Gasteiger partial charge in [0.2, 0.25) is 0 Å². The van der Waals surface area contributed by atoms with Crippen LogP contribution < -0.4 is 9.47 Å². The zero-order valence-electron chi connectivity index (χ0n) is 11.8. The lowest BCUT2D eigenvalue weighted by Gasteiger charge is -2.18. The molecule has 6 heteroatoms. The van der Waals surface area contributed by atoms with Crippen LogP contribution in [0.15, 0.2) is 30.3 Å². The Morgan fingerprint density at radius 2 is 1.95 bits per heavy atom. The van der Waals surface area contributed by atoms with E-state index in [0.29, 0.717) is 18.1 Å². The normalized spacial score (nSPS) is 13.0. The fourth-order valence-electron chi connectivity index (χ4n) is 2.04. The van der Waals surface area contributed by atoms with E-state index in [9.17, 15) is 4.79 Å². The summed E-state index contributed by atoms with van der Waals surface area (Å²) in [6.45, 7) is 1.14. The van der Waals surface area contributed by atoms with Crippen LogP contribution in [-0.2, 0) is 4.84 Å². The molecule has 0 N–H and O–H groups in total. The van der Waals surface area contributed by atoms with Crippen molar-refractivity contribution >= 4 is 17.2 Å². The molecule has 5 nitrogen and oxygen atoms in total. The summed E-state index contributed by atoms with van der Waals surface area (Å²) in [5, 5.41) is 1.21. The Hall–Kier alpha value is -2.05. The number of nitrogens with zero attached hydrogens (tertiary/aromatic N) is 1. The highest BCUT2D eigenvalue weighted by molar-refractivity contribution is 7.17. The number of fused-ring (bicyclic) bond motifs is 1. The zero-order chi connectivity index (χ0) is 14.8. The van der Waals surface area contributed by atoms with Gasteiger partial charge in [-0.05, 0) is 35.9 Å². The molecular formula is C15H15NO4S. The van der Waals surface area contributed by atoms with Crippen LogP contribution in [0.2, 0.25) is 0 Å². The molecule has 1 aromatic heterocycles. The lowest BCUT2D eigenvalue weighted by Crippen LogP contribution is -2.24. The van der Waals surface area contributed by atoms with Crippen molar-refractivity contribution in [1.29, 1.82) is 0 Å². The van der Waals surface area contributed by atoms with Gasteiger partial charge in [-0.15, -0.1) is 11.3 Å². The summed E-state index contributed by atoms with van der Waals surface area (Å²) in [4.78, 5) is 18.6. The van der Waals surface area contributed by atoms with Crippen LogP contribution in [-0.4, -0.2) is 38.3 Å². The SMILES string of the molecule is CON(C)C(=O)c1ccc(-c2ccc3c(c2)OCCO3)s1. The largest absolute Gasteiger partial charge is 0.486 e. The van der Waals surface area contributed by atoms with E-state index in [-0.39, 0.29) is 5.91 Å². The molecule has 0 saturated carbocycles. The lowest BCUT2D eigenvalue weighted by molar-refractivity contribution is -0.0753. The average molecular weight is 305 g/mol. The molecule has 1 aliphatic heterocycles. The number of carbonyl (C=O) groups excluding carboxylic acids is 1. The van der Waals surface area contributed by atoms with Gasteiger partial charge in [-0.3, -0.25) is 9.63 Å². The Kier molecular flexibility index (Phi) is 3.81. The summed E-state index contributed by atoms with van der Waals surface area (Å²) >= 11 is 1.42. The summed E-state index contributed by atoms with van der Waals surface area (Å²) in [5.74, 6) is 1.34. The first-order valence-corrected chi connectivity index (χ1v) is 7.32. The van der Waals surface area contributed by atoms with Crippen LogP contribution in [0.3, 0.4) is 0 Å². The minimum atomic E-state index is -0.161. The molecule has 1 amide bonds. The Balaban J connectivity index is 1.88. The van der Waals surface area contributed by atoms with E-state index in [2.05, 4.69) is 0 Å². The Bertz CT molecular complexity index is 667. The first-order valence-electron chi connectivity index (χ1n) is 6.51. The first kappa shape index (κ1) is 13.9. The molecule has 0 spiro atoms. The third kappa shape index (κ3) is 2.72. The molecule has 21 heavy (non-hydrogen) atoms. The standard InChI is InChI=1S/C15H15NO4S/c1-16(18-2)15(17)14-6-5-13(21-14)10-3-4-11-12(9-10)20-8-7-19-11/h3-6,9H,7-8H2,1-2H3. The first-order chi connectivity index (χ1) is 10.2. The van der Waals surface area contributed by atoms with E-state index in [1.807, 2.05) is 24.3 Å². The number of ether oxygens (including phenoxy) is 2. The van der Waals surface area contributed by atoms with E-state index in [0.717, 1.165) is 21.9 Å². The van der Waals surface area contributed by atoms with Gasteiger partial charge >= 0.3 is 0 Å². The fourth-order valence-corrected chi connectivity index (χ4v) is 3.01. The van der Waals surface area contributed by atoms with E-state index in [4.69, 9.17) is 14.3 Å². The van der Waals surface area contributed by atoms with Crippen molar-refractivity contribution in [1.82, 2.24) is 5.06 Å². The Morgan fingerprint density at radius 3 is 2.71 bits per heavy atom. The number of benzene rings is 1. The van der Waals surface area contributed by atoms with Gasteiger partial charge in [0, 0.05) is 11.9 Å². The third-order valence-electron chi connectivity index (χ3n) is 3.20. The van der Waals surface area contributed by atoms with Crippen molar-refractivity contribution in [2.24, 2.45) is 0 Å². The van der Waals surface area contributed by atoms with E-state index >= 15 is 0 Å². The molecule has 3 rings (SSSR count). The predicted octanol–water partition coefficient (Wildman–Crippen LogP) is 2.82. The minimum Gasteiger partial charge on any atom is -0.486 e.